The van der Waals surface area contributed by atoms with E-state index in [0.29, 0.717) is 15.6 Å². The van der Waals surface area contributed by atoms with Crippen LogP contribution in [-0.2, 0) is 23.1 Å². The Kier molecular flexibility index (Phi) is 5.24. The number of nitrogens with two attached hydrogens (primary N) is 1. The molecule has 0 amide bonds. The average molecular weight is 345 g/mol. The number of benzene rings is 2. The van der Waals surface area contributed by atoms with Gasteiger partial charge in [-0.1, -0.05) is 35.3 Å². The van der Waals surface area contributed by atoms with E-state index in [1.165, 1.54) is 18.2 Å². The second kappa shape index (κ2) is 6.77. The van der Waals surface area contributed by atoms with Crippen LogP contribution in [0.4, 0.5) is 0 Å². The van der Waals surface area contributed by atoms with Crippen molar-refractivity contribution >= 4 is 33.2 Å². The Balaban J connectivity index is 2.16. The highest BCUT2D eigenvalue weighted by atomic mass is 35.5. The van der Waals surface area contributed by atoms with Gasteiger partial charge in [-0.2, -0.15) is 0 Å². The van der Waals surface area contributed by atoms with Crippen LogP contribution in [-0.4, -0.2) is 8.42 Å². The molecule has 0 spiro atoms. The van der Waals surface area contributed by atoms with Gasteiger partial charge in [-0.25, -0.2) is 13.1 Å². The molecule has 0 unspecified atom stereocenters. The molecule has 2 aromatic carbocycles. The largest absolute Gasteiger partial charge is 0.326 e. The lowest BCUT2D eigenvalue weighted by Crippen LogP contribution is -2.23. The monoisotopic (exact) mass is 344 g/mol. The number of rotatable bonds is 5. The Labute approximate surface area is 133 Å². The summed E-state index contributed by atoms with van der Waals surface area (Å²) in [6, 6.07) is 11.4. The molecule has 0 aliphatic rings. The van der Waals surface area contributed by atoms with Gasteiger partial charge in [-0.3, -0.25) is 0 Å². The van der Waals surface area contributed by atoms with Crippen molar-refractivity contribution < 1.29 is 8.42 Å². The third-order valence-electron chi connectivity index (χ3n) is 2.93. The van der Waals surface area contributed by atoms with E-state index in [1.807, 2.05) is 0 Å². The highest BCUT2D eigenvalue weighted by molar-refractivity contribution is 7.89. The molecular formula is C14H14Cl2N2O2S. The van der Waals surface area contributed by atoms with Crippen LogP contribution in [0.2, 0.25) is 10.0 Å². The molecular weight excluding hydrogens is 331 g/mol. The van der Waals surface area contributed by atoms with Gasteiger partial charge in [-0.15, -0.1) is 0 Å². The third kappa shape index (κ3) is 4.18. The van der Waals surface area contributed by atoms with Crippen LogP contribution >= 0.6 is 23.2 Å². The summed E-state index contributed by atoms with van der Waals surface area (Å²) in [7, 11) is -3.62. The first-order valence-electron chi connectivity index (χ1n) is 6.15. The van der Waals surface area contributed by atoms with E-state index in [2.05, 4.69) is 4.72 Å². The third-order valence-corrected chi connectivity index (χ3v) is 4.95. The van der Waals surface area contributed by atoms with Crippen molar-refractivity contribution in [3.8, 4) is 0 Å². The maximum atomic E-state index is 12.2. The lowest BCUT2D eigenvalue weighted by atomic mass is 10.2. The predicted octanol–water partition coefficient (Wildman–Crippen LogP) is 2.93. The predicted molar refractivity (Wildman–Crippen MR) is 84.8 cm³/mol. The molecule has 4 nitrogen and oxygen atoms in total. The van der Waals surface area contributed by atoms with E-state index < -0.39 is 10.0 Å². The maximum Gasteiger partial charge on any atom is 0.240 e. The second-order valence-electron chi connectivity index (χ2n) is 4.41. The molecule has 0 saturated carbocycles. The van der Waals surface area contributed by atoms with Gasteiger partial charge in [-0.05, 0) is 41.5 Å². The lowest BCUT2D eigenvalue weighted by molar-refractivity contribution is 0.581. The van der Waals surface area contributed by atoms with Crippen LogP contribution in [0.3, 0.4) is 0 Å². The summed E-state index contributed by atoms with van der Waals surface area (Å²) >= 11 is 11.7. The number of hydrogen-bond donors (Lipinski definition) is 2. The van der Waals surface area contributed by atoms with Crippen molar-refractivity contribution in [1.82, 2.24) is 4.72 Å². The van der Waals surface area contributed by atoms with Gasteiger partial charge in [0, 0.05) is 23.1 Å². The molecule has 0 atom stereocenters. The van der Waals surface area contributed by atoms with Gasteiger partial charge in [0.25, 0.3) is 0 Å². The van der Waals surface area contributed by atoms with Gasteiger partial charge in [0.1, 0.15) is 0 Å². The van der Waals surface area contributed by atoms with Crippen LogP contribution < -0.4 is 10.5 Å². The summed E-state index contributed by atoms with van der Waals surface area (Å²) in [4.78, 5) is 0.140. The van der Waals surface area contributed by atoms with Crippen LogP contribution in [0, 0.1) is 0 Å². The van der Waals surface area contributed by atoms with Gasteiger partial charge in [0.15, 0.2) is 0 Å². The maximum absolute atomic E-state index is 12.2. The van der Waals surface area contributed by atoms with E-state index in [4.69, 9.17) is 28.9 Å². The summed E-state index contributed by atoms with van der Waals surface area (Å²) < 4.78 is 27.0. The minimum Gasteiger partial charge on any atom is -0.326 e. The minimum atomic E-state index is -3.62. The van der Waals surface area contributed by atoms with Crippen molar-refractivity contribution in [1.29, 1.82) is 0 Å². The SMILES string of the molecule is NCc1cc(S(=O)(=O)NCc2ccc(Cl)cc2)ccc1Cl. The summed E-state index contributed by atoms with van der Waals surface area (Å²) in [6.45, 7) is 0.361. The van der Waals surface area contributed by atoms with Crippen molar-refractivity contribution in [2.45, 2.75) is 18.0 Å². The molecule has 0 aliphatic carbocycles. The molecule has 21 heavy (non-hydrogen) atoms. The zero-order chi connectivity index (χ0) is 15.5. The fourth-order valence-electron chi connectivity index (χ4n) is 1.74. The second-order valence-corrected chi connectivity index (χ2v) is 7.02. The highest BCUT2D eigenvalue weighted by Gasteiger charge is 2.15. The first-order chi connectivity index (χ1) is 9.92. The topological polar surface area (TPSA) is 72.2 Å². The van der Waals surface area contributed by atoms with Crippen molar-refractivity contribution in [2.75, 3.05) is 0 Å². The normalized spacial score (nSPS) is 11.6. The first-order valence-corrected chi connectivity index (χ1v) is 8.39. The van der Waals surface area contributed by atoms with Crippen molar-refractivity contribution in [3.63, 3.8) is 0 Å². The smallest absolute Gasteiger partial charge is 0.240 e. The average Bonchev–Trinajstić information content (AvgIpc) is 2.47. The van der Waals surface area contributed by atoms with Crippen LogP contribution in [0.1, 0.15) is 11.1 Å². The van der Waals surface area contributed by atoms with Gasteiger partial charge >= 0.3 is 0 Å². The van der Waals surface area contributed by atoms with Crippen LogP contribution in [0.5, 0.6) is 0 Å². The fourth-order valence-corrected chi connectivity index (χ4v) is 3.13. The number of nitrogens with one attached hydrogen (secondary N) is 1. The van der Waals surface area contributed by atoms with E-state index >= 15 is 0 Å². The number of hydrogen-bond acceptors (Lipinski definition) is 3. The highest BCUT2D eigenvalue weighted by Crippen LogP contribution is 2.20. The Morgan fingerprint density at radius 1 is 1.05 bits per heavy atom. The molecule has 112 valence electrons. The molecule has 3 N–H and O–H groups in total. The van der Waals surface area contributed by atoms with E-state index in [0.717, 1.165) is 5.56 Å². The van der Waals surface area contributed by atoms with Crippen molar-refractivity contribution in [2.24, 2.45) is 5.73 Å². The van der Waals surface area contributed by atoms with Gasteiger partial charge in [0.2, 0.25) is 10.0 Å². The molecule has 0 bridgehead atoms. The van der Waals surface area contributed by atoms with Gasteiger partial charge in [0.05, 0.1) is 4.90 Å². The molecule has 2 rings (SSSR count). The molecule has 0 radical (unpaired) electrons. The number of sulfonamides is 1. The quantitative estimate of drug-likeness (QED) is 0.875. The summed E-state index contributed by atoms with van der Waals surface area (Å²) in [5, 5.41) is 1.06. The van der Waals surface area contributed by atoms with E-state index in [9.17, 15) is 8.42 Å². The Bertz CT molecular complexity index is 731. The van der Waals surface area contributed by atoms with Gasteiger partial charge < -0.3 is 5.73 Å². The summed E-state index contributed by atoms with van der Waals surface area (Å²) in [5.41, 5.74) is 6.93. The molecule has 2 aromatic rings. The minimum absolute atomic E-state index is 0.140. The number of halogens is 2. The van der Waals surface area contributed by atoms with Crippen LogP contribution in [0.15, 0.2) is 47.4 Å². The Morgan fingerprint density at radius 2 is 1.71 bits per heavy atom. The Hall–Kier alpha value is -1.11. The summed E-state index contributed by atoms with van der Waals surface area (Å²) in [5.74, 6) is 0. The first kappa shape index (κ1) is 16.3. The molecule has 0 saturated heterocycles. The van der Waals surface area contributed by atoms with E-state index in [-0.39, 0.29) is 18.0 Å². The zero-order valence-electron chi connectivity index (χ0n) is 11.0. The molecule has 0 heterocycles. The van der Waals surface area contributed by atoms with E-state index in [1.54, 1.807) is 24.3 Å². The standard InChI is InChI=1S/C14H14Cl2N2O2S/c15-12-3-1-10(2-4-12)9-18-21(19,20)13-5-6-14(16)11(7-13)8-17/h1-7,18H,8-9,17H2. The summed E-state index contributed by atoms with van der Waals surface area (Å²) in [6.07, 6.45) is 0. The zero-order valence-corrected chi connectivity index (χ0v) is 13.3. The van der Waals surface area contributed by atoms with Crippen molar-refractivity contribution in [3.05, 3.63) is 63.6 Å². The molecule has 0 aliphatic heterocycles. The molecule has 0 fully saturated rings. The molecule has 7 heteroatoms. The lowest BCUT2D eigenvalue weighted by Gasteiger charge is -2.09. The fraction of sp³-hybridized carbons (Fsp3) is 0.143. The Morgan fingerprint density at radius 3 is 2.33 bits per heavy atom. The molecule has 0 aromatic heterocycles. The van der Waals surface area contributed by atoms with Crippen LogP contribution in [0.25, 0.3) is 0 Å².